The summed E-state index contributed by atoms with van der Waals surface area (Å²) in [5.41, 5.74) is 0.608. The van der Waals surface area contributed by atoms with Crippen molar-refractivity contribution in [3.8, 4) is 11.5 Å². The Morgan fingerprint density at radius 2 is 2.17 bits per heavy atom. The number of hydrogen-bond acceptors (Lipinski definition) is 7. The molecule has 2 amide bonds. The Hall–Kier alpha value is -2.82. The van der Waals surface area contributed by atoms with Gasteiger partial charge in [-0.05, 0) is 17.7 Å². The second-order valence-corrected chi connectivity index (χ2v) is 8.05. The number of hydrogen-bond donors (Lipinski definition) is 1. The van der Waals surface area contributed by atoms with Crippen LogP contribution >= 0.6 is 11.5 Å². The molecule has 0 unspecified atom stereocenters. The van der Waals surface area contributed by atoms with E-state index in [2.05, 4.69) is 14.1 Å². The highest BCUT2D eigenvalue weighted by atomic mass is 32.1. The summed E-state index contributed by atoms with van der Waals surface area (Å²) < 4.78 is 33.1. The van der Waals surface area contributed by atoms with E-state index in [1.54, 1.807) is 7.05 Å². The monoisotopic (exact) mass is 440 g/mol. The fourth-order valence-corrected chi connectivity index (χ4v) is 3.89. The maximum Gasteiger partial charge on any atom is 0.387 e. The van der Waals surface area contributed by atoms with Crippen LogP contribution in [0, 0.1) is 0 Å². The number of benzene rings is 1. The van der Waals surface area contributed by atoms with E-state index in [1.165, 1.54) is 28.0 Å². The van der Waals surface area contributed by atoms with Gasteiger partial charge in [-0.15, -0.1) is 0 Å². The standard InChI is InChI=1S/C19H22F2N4O4S/c1-10(2)17-22-19(30-23-17)24(3)16(28)9-25-8-12(7-15(25)27)11-4-5-14(13(26)6-11)29-18(20)21/h4-6,10,12,18,26H,7-9H2,1-3H3/t12-/m1/s1. The Kier molecular flexibility index (Phi) is 6.49. The normalized spacial score (nSPS) is 16.6. The number of likely N-dealkylation sites (N-methyl/N-ethyl adjacent to an activating group) is 1. The summed E-state index contributed by atoms with van der Waals surface area (Å²) in [7, 11) is 1.59. The second-order valence-electron chi connectivity index (χ2n) is 7.32. The number of carbonyl (C=O) groups excluding carboxylic acids is 2. The maximum absolute atomic E-state index is 12.6. The molecule has 1 aliphatic heterocycles. The summed E-state index contributed by atoms with van der Waals surface area (Å²) in [6.07, 6.45) is 0.155. The van der Waals surface area contributed by atoms with Crippen LogP contribution in [0.1, 0.15) is 43.5 Å². The van der Waals surface area contributed by atoms with Crippen molar-refractivity contribution < 1.29 is 28.2 Å². The van der Waals surface area contributed by atoms with Crippen molar-refractivity contribution in [1.82, 2.24) is 14.3 Å². The number of ether oxygens (including phenoxy) is 1. The smallest absolute Gasteiger partial charge is 0.387 e. The molecule has 8 nitrogen and oxygen atoms in total. The zero-order valence-corrected chi connectivity index (χ0v) is 17.5. The van der Waals surface area contributed by atoms with Gasteiger partial charge in [0.2, 0.25) is 16.9 Å². The number of aromatic nitrogens is 2. The molecule has 1 atom stereocenters. The molecular formula is C19H22F2N4O4S. The average Bonchev–Trinajstić information content (AvgIpc) is 3.30. The van der Waals surface area contributed by atoms with E-state index >= 15 is 0 Å². The highest BCUT2D eigenvalue weighted by Gasteiger charge is 2.33. The van der Waals surface area contributed by atoms with E-state index in [-0.39, 0.29) is 48.9 Å². The number of aromatic hydroxyl groups is 1. The van der Waals surface area contributed by atoms with Crippen molar-refractivity contribution in [2.24, 2.45) is 0 Å². The molecule has 1 aliphatic rings. The Balaban J connectivity index is 1.64. The van der Waals surface area contributed by atoms with Gasteiger partial charge in [0.25, 0.3) is 0 Å². The van der Waals surface area contributed by atoms with Crippen LogP contribution in [0.25, 0.3) is 0 Å². The van der Waals surface area contributed by atoms with Crippen molar-refractivity contribution in [2.75, 3.05) is 25.0 Å². The van der Waals surface area contributed by atoms with E-state index in [0.29, 0.717) is 16.5 Å². The quantitative estimate of drug-likeness (QED) is 0.711. The van der Waals surface area contributed by atoms with Gasteiger partial charge in [0.15, 0.2) is 11.5 Å². The first-order valence-corrected chi connectivity index (χ1v) is 10.1. The maximum atomic E-state index is 12.6. The fourth-order valence-electron chi connectivity index (χ4n) is 3.11. The predicted octanol–water partition coefficient (Wildman–Crippen LogP) is 2.95. The highest BCUT2D eigenvalue weighted by molar-refractivity contribution is 7.09. The summed E-state index contributed by atoms with van der Waals surface area (Å²) in [5.74, 6) is -0.708. The lowest BCUT2D eigenvalue weighted by Gasteiger charge is -2.20. The zero-order chi connectivity index (χ0) is 22.0. The number of halogens is 2. The van der Waals surface area contributed by atoms with Crippen LogP contribution in [-0.2, 0) is 9.59 Å². The SMILES string of the molecule is CC(C)c1nsc(N(C)C(=O)CN2C[C@H](c3ccc(OC(F)F)c(O)c3)CC2=O)n1. The first kappa shape index (κ1) is 21.9. The summed E-state index contributed by atoms with van der Waals surface area (Å²) >= 11 is 1.12. The molecular weight excluding hydrogens is 418 g/mol. The minimum Gasteiger partial charge on any atom is -0.504 e. The molecule has 1 saturated heterocycles. The lowest BCUT2D eigenvalue weighted by molar-refractivity contribution is -0.132. The van der Waals surface area contributed by atoms with E-state index in [4.69, 9.17) is 0 Å². The number of nitrogens with zero attached hydrogens (tertiary/aromatic N) is 4. The lowest BCUT2D eigenvalue weighted by Crippen LogP contribution is -2.39. The summed E-state index contributed by atoms with van der Waals surface area (Å²) in [6.45, 7) is 1.04. The molecule has 1 aromatic carbocycles. The number of alkyl halides is 2. The molecule has 1 N–H and O–H groups in total. The molecule has 2 aromatic rings. The van der Waals surface area contributed by atoms with Gasteiger partial charge in [0.05, 0.1) is 0 Å². The van der Waals surface area contributed by atoms with Gasteiger partial charge in [-0.25, -0.2) is 4.98 Å². The van der Waals surface area contributed by atoms with Crippen LogP contribution in [0.3, 0.4) is 0 Å². The van der Waals surface area contributed by atoms with E-state index in [0.717, 1.165) is 11.5 Å². The molecule has 0 aliphatic carbocycles. The van der Waals surface area contributed by atoms with Crippen molar-refractivity contribution in [2.45, 2.75) is 38.7 Å². The topological polar surface area (TPSA) is 95.9 Å². The molecule has 11 heteroatoms. The van der Waals surface area contributed by atoms with Crippen LogP contribution in [0.4, 0.5) is 13.9 Å². The Bertz CT molecular complexity index is 937. The van der Waals surface area contributed by atoms with E-state index < -0.39 is 12.4 Å². The molecule has 1 fully saturated rings. The van der Waals surface area contributed by atoms with Crippen molar-refractivity contribution in [1.29, 1.82) is 0 Å². The van der Waals surface area contributed by atoms with Gasteiger partial charge < -0.3 is 14.7 Å². The minimum atomic E-state index is -3.04. The Labute approximate surface area is 176 Å². The molecule has 0 saturated carbocycles. The van der Waals surface area contributed by atoms with Crippen LogP contribution in [-0.4, -0.2) is 57.9 Å². The second kappa shape index (κ2) is 8.90. The van der Waals surface area contributed by atoms with Gasteiger partial charge in [-0.3, -0.25) is 14.5 Å². The molecule has 1 aromatic heterocycles. The van der Waals surface area contributed by atoms with Crippen molar-refractivity contribution in [3.05, 3.63) is 29.6 Å². The Morgan fingerprint density at radius 1 is 1.43 bits per heavy atom. The highest BCUT2D eigenvalue weighted by Crippen LogP contribution is 2.35. The zero-order valence-electron chi connectivity index (χ0n) is 16.7. The van der Waals surface area contributed by atoms with Gasteiger partial charge in [0, 0.05) is 43.4 Å². The van der Waals surface area contributed by atoms with Gasteiger partial charge in [-0.2, -0.15) is 13.2 Å². The first-order chi connectivity index (χ1) is 14.2. The van der Waals surface area contributed by atoms with E-state index in [1.807, 2.05) is 13.8 Å². The number of rotatable bonds is 7. The van der Waals surface area contributed by atoms with E-state index in [9.17, 15) is 23.5 Å². The largest absolute Gasteiger partial charge is 0.504 e. The summed E-state index contributed by atoms with van der Waals surface area (Å²) in [5, 5.41) is 10.4. The molecule has 0 bridgehead atoms. The van der Waals surface area contributed by atoms with Crippen molar-refractivity contribution >= 4 is 28.5 Å². The number of anilines is 1. The molecule has 162 valence electrons. The first-order valence-electron chi connectivity index (χ1n) is 9.31. The van der Waals surface area contributed by atoms with Crippen LogP contribution < -0.4 is 9.64 Å². The fraction of sp³-hybridized carbons (Fsp3) is 0.474. The van der Waals surface area contributed by atoms with Crippen molar-refractivity contribution in [3.63, 3.8) is 0 Å². The number of phenols is 1. The van der Waals surface area contributed by atoms with Gasteiger partial charge >= 0.3 is 6.61 Å². The van der Waals surface area contributed by atoms with Crippen LogP contribution in [0.15, 0.2) is 18.2 Å². The minimum absolute atomic E-state index is 0.110. The predicted molar refractivity (Wildman–Crippen MR) is 106 cm³/mol. The van der Waals surface area contributed by atoms with Gasteiger partial charge in [-0.1, -0.05) is 19.9 Å². The number of carbonyl (C=O) groups is 2. The average molecular weight is 440 g/mol. The summed E-state index contributed by atoms with van der Waals surface area (Å²) in [6, 6.07) is 4.08. The van der Waals surface area contributed by atoms with Crippen LogP contribution in [0.2, 0.25) is 0 Å². The molecule has 0 spiro atoms. The third kappa shape index (κ3) is 4.84. The molecule has 3 rings (SSSR count). The number of phenolic OH excluding ortho intramolecular Hbond substituents is 1. The number of amides is 2. The lowest BCUT2D eigenvalue weighted by atomic mass is 9.98. The third-order valence-corrected chi connectivity index (χ3v) is 5.63. The Morgan fingerprint density at radius 3 is 2.77 bits per heavy atom. The molecule has 0 radical (unpaired) electrons. The summed E-state index contributed by atoms with van der Waals surface area (Å²) in [4.78, 5) is 32.2. The molecule has 2 heterocycles. The molecule has 30 heavy (non-hydrogen) atoms. The number of likely N-dealkylation sites (tertiary alicyclic amines) is 1. The third-order valence-electron chi connectivity index (χ3n) is 4.82. The van der Waals surface area contributed by atoms with Crippen LogP contribution in [0.5, 0.6) is 11.5 Å². The van der Waals surface area contributed by atoms with Gasteiger partial charge in [0.1, 0.15) is 12.4 Å².